The molecule has 0 aliphatic rings. The van der Waals surface area contributed by atoms with Crippen molar-refractivity contribution in [3.63, 3.8) is 0 Å². The van der Waals surface area contributed by atoms with Crippen molar-refractivity contribution in [2.24, 2.45) is 0 Å². The molecule has 3 rings (SSSR count). The van der Waals surface area contributed by atoms with Crippen LogP contribution in [0.15, 0.2) is 48.5 Å². The summed E-state index contributed by atoms with van der Waals surface area (Å²) < 4.78 is 7.73. The number of ether oxygens (including phenoxy) is 1. The molecular weight excluding hydrogens is 364 g/mol. The van der Waals surface area contributed by atoms with Crippen molar-refractivity contribution in [1.82, 2.24) is 20.2 Å². The number of aromatic nitrogens is 2. The van der Waals surface area contributed by atoms with Crippen LogP contribution in [-0.2, 0) is 17.9 Å². The molecule has 0 spiro atoms. The molecule has 6 nitrogen and oxygen atoms in total. The number of benzene rings is 2. The van der Waals surface area contributed by atoms with Gasteiger partial charge in [0.15, 0.2) is 0 Å². The van der Waals surface area contributed by atoms with Crippen LogP contribution in [0.1, 0.15) is 12.2 Å². The number of amides is 1. The molecule has 1 heterocycles. The van der Waals surface area contributed by atoms with Gasteiger partial charge in [-0.2, -0.15) is 0 Å². The monoisotopic (exact) mass is 386 g/mol. The van der Waals surface area contributed by atoms with Crippen LogP contribution in [0.4, 0.5) is 0 Å². The average molecular weight is 387 g/mol. The van der Waals surface area contributed by atoms with Crippen molar-refractivity contribution in [3.05, 3.63) is 59.4 Å². The smallest absolute Gasteiger partial charge is 0.240 e. The Labute approximate surface area is 163 Å². The minimum Gasteiger partial charge on any atom is -0.486 e. The molecule has 2 N–H and O–H groups in total. The summed E-state index contributed by atoms with van der Waals surface area (Å²) in [5, 5.41) is 6.67. The summed E-state index contributed by atoms with van der Waals surface area (Å²) >= 11 is 5.91. The van der Waals surface area contributed by atoms with Gasteiger partial charge in [-0.05, 0) is 56.4 Å². The lowest BCUT2D eigenvalue weighted by atomic mass is 10.3. The molecule has 27 heavy (non-hydrogen) atoms. The Morgan fingerprint density at radius 2 is 1.93 bits per heavy atom. The van der Waals surface area contributed by atoms with E-state index < -0.39 is 0 Å². The average Bonchev–Trinajstić information content (AvgIpc) is 3.02. The van der Waals surface area contributed by atoms with Crippen LogP contribution in [0, 0.1) is 0 Å². The molecule has 0 fully saturated rings. The third kappa shape index (κ3) is 5.21. The first-order valence-electron chi connectivity index (χ1n) is 8.91. The van der Waals surface area contributed by atoms with E-state index in [2.05, 4.69) is 15.6 Å². The number of halogens is 1. The lowest BCUT2D eigenvalue weighted by molar-refractivity contribution is -0.121. The van der Waals surface area contributed by atoms with Crippen molar-refractivity contribution >= 4 is 28.5 Å². The van der Waals surface area contributed by atoms with E-state index in [1.165, 1.54) is 0 Å². The predicted molar refractivity (Wildman–Crippen MR) is 107 cm³/mol. The summed E-state index contributed by atoms with van der Waals surface area (Å²) in [6.45, 7) is 1.99. The van der Waals surface area contributed by atoms with Gasteiger partial charge in [0.2, 0.25) is 5.91 Å². The van der Waals surface area contributed by atoms with Gasteiger partial charge < -0.3 is 19.9 Å². The number of nitrogens with zero attached hydrogens (tertiary/aromatic N) is 2. The van der Waals surface area contributed by atoms with Gasteiger partial charge in [0.05, 0.1) is 11.0 Å². The standard InChI is InChI=1S/C20H23ClN4O2/c1-22-11-4-12-23-20(26)13-25-18-6-3-2-5-17(18)24-19(25)14-27-16-9-7-15(21)8-10-16/h2-3,5-10,22H,4,11-14H2,1H3,(H,23,26). The molecule has 0 radical (unpaired) electrons. The minimum atomic E-state index is -0.0398. The molecule has 0 saturated carbocycles. The number of hydrogen-bond donors (Lipinski definition) is 2. The molecule has 0 aliphatic carbocycles. The largest absolute Gasteiger partial charge is 0.486 e. The Hall–Kier alpha value is -2.57. The fraction of sp³-hybridized carbons (Fsp3) is 0.300. The summed E-state index contributed by atoms with van der Waals surface area (Å²) in [6, 6.07) is 14.9. The molecular formula is C20H23ClN4O2. The third-order valence-corrected chi connectivity index (χ3v) is 4.39. The Balaban J connectivity index is 1.73. The Morgan fingerprint density at radius 3 is 2.70 bits per heavy atom. The van der Waals surface area contributed by atoms with Gasteiger partial charge in [0.1, 0.15) is 24.7 Å². The molecule has 0 unspecified atom stereocenters. The lowest BCUT2D eigenvalue weighted by Gasteiger charge is -2.11. The second kappa shape index (κ2) is 9.39. The van der Waals surface area contributed by atoms with Gasteiger partial charge in [0.25, 0.3) is 0 Å². The zero-order chi connectivity index (χ0) is 19.1. The van der Waals surface area contributed by atoms with Crippen LogP contribution in [-0.4, -0.2) is 35.6 Å². The van der Waals surface area contributed by atoms with Crippen molar-refractivity contribution < 1.29 is 9.53 Å². The third-order valence-electron chi connectivity index (χ3n) is 4.14. The van der Waals surface area contributed by atoms with Crippen LogP contribution in [0.3, 0.4) is 0 Å². The van der Waals surface area contributed by atoms with Crippen LogP contribution < -0.4 is 15.4 Å². The Morgan fingerprint density at radius 1 is 1.15 bits per heavy atom. The van der Waals surface area contributed by atoms with Crippen molar-refractivity contribution in [1.29, 1.82) is 0 Å². The zero-order valence-electron chi connectivity index (χ0n) is 15.2. The Kier molecular flexibility index (Phi) is 6.68. The summed E-state index contributed by atoms with van der Waals surface area (Å²) in [5.41, 5.74) is 1.76. The van der Waals surface area contributed by atoms with Gasteiger partial charge >= 0.3 is 0 Å². The topological polar surface area (TPSA) is 68.2 Å². The second-order valence-electron chi connectivity index (χ2n) is 6.15. The van der Waals surface area contributed by atoms with E-state index in [0.717, 1.165) is 24.0 Å². The number of carbonyl (C=O) groups is 1. The fourth-order valence-corrected chi connectivity index (χ4v) is 2.91. The van der Waals surface area contributed by atoms with Crippen molar-refractivity contribution in [2.75, 3.05) is 20.1 Å². The van der Waals surface area contributed by atoms with Crippen LogP contribution in [0.2, 0.25) is 5.02 Å². The maximum atomic E-state index is 12.3. The Bertz CT molecular complexity index is 893. The predicted octanol–water partition coefficient (Wildman–Crippen LogP) is 2.99. The van der Waals surface area contributed by atoms with Gasteiger partial charge in [-0.15, -0.1) is 0 Å². The maximum Gasteiger partial charge on any atom is 0.240 e. The summed E-state index contributed by atoms with van der Waals surface area (Å²) in [5.74, 6) is 1.37. The molecule has 1 amide bonds. The number of fused-ring (bicyclic) bond motifs is 1. The van der Waals surface area contributed by atoms with E-state index in [1.807, 2.05) is 48.0 Å². The summed E-state index contributed by atoms with van der Waals surface area (Å²) in [7, 11) is 1.90. The molecule has 0 saturated heterocycles. The van der Waals surface area contributed by atoms with E-state index in [4.69, 9.17) is 16.3 Å². The number of nitrogens with one attached hydrogen (secondary N) is 2. The molecule has 7 heteroatoms. The number of imidazole rings is 1. The highest BCUT2D eigenvalue weighted by Crippen LogP contribution is 2.20. The number of rotatable bonds is 9. The normalized spacial score (nSPS) is 10.9. The maximum absolute atomic E-state index is 12.3. The summed E-state index contributed by atoms with van der Waals surface area (Å²) in [6.07, 6.45) is 0.888. The SMILES string of the molecule is CNCCCNC(=O)Cn1c(COc2ccc(Cl)cc2)nc2ccccc21. The van der Waals surface area contributed by atoms with E-state index in [0.29, 0.717) is 23.1 Å². The van der Waals surface area contributed by atoms with Gasteiger partial charge in [-0.25, -0.2) is 4.98 Å². The van der Waals surface area contributed by atoms with Gasteiger partial charge in [0, 0.05) is 11.6 Å². The van der Waals surface area contributed by atoms with Crippen molar-refractivity contribution in [2.45, 2.75) is 19.6 Å². The molecule has 1 aromatic heterocycles. The van der Waals surface area contributed by atoms with Crippen LogP contribution in [0.5, 0.6) is 5.75 Å². The second-order valence-corrected chi connectivity index (χ2v) is 6.59. The number of hydrogen-bond acceptors (Lipinski definition) is 4. The van der Waals surface area contributed by atoms with E-state index in [-0.39, 0.29) is 19.1 Å². The van der Waals surface area contributed by atoms with Gasteiger partial charge in [-0.3, -0.25) is 4.79 Å². The molecule has 3 aromatic rings. The highest BCUT2D eigenvalue weighted by molar-refractivity contribution is 6.30. The number of para-hydroxylation sites is 2. The van der Waals surface area contributed by atoms with E-state index in [9.17, 15) is 4.79 Å². The molecule has 0 aliphatic heterocycles. The van der Waals surface area contributed by atoms with E-state index >= 15 is 0 Å². The quantitative estimate of drug-likeness (QED) is 0.555. The molecule has 0 atom stereocenters. The first-order chi connectivity index (χ1) is 13.2. The molecule has 0 bridgehead atoms. The highest BCUT2D eigenvalue weighted by Gasteiger charge is 2.14. The minimum absolute atomic E-state index is 0.0398. The summed E-state index contributed by atoms with van der Waals surface area (Å²) in [4.78, 5) is 17.0. The fourth-order valence-electron chi connectivity index (χ4n) is 2.78. The van der Waals surface area contributed by atoms with Gasteiger partial charge in [-0.1, -0.05) is 23.7 Å². The zero-order valence-corrected chi connectivity index (χ0v) is 16.0. The van der Waals surface area contributed by atoms with Crippen LogP contribution in [0.25, 0.3) is 11.0 Å². The molecule has 142 valence electrons. The van der Waals surface area contributed by atoms with E-state index in [1.54, 1.807) is 12.1 Å². The first-order valence-corrected chi connectivity index (χ1v) is 9.29. The van der Waals surface area contributed by atoms with Crippen molar-refractivity contribution in [3.8, 4) is 5.75 Å². The lowest BCUT2D eigenvalue weighted by Crippen LogP contribution is -2.30. The van der Waals surface area contributed by atoms with Crippen LogP contribution >= 0.6 is 11.6 Å². The molecule has 2 aromatic carbocycles. The first kappa shape index (κ1) is 19.2. The highest BCUT2D eigenvalue weighted by atomic mass is 35.5. The number of carbonyl (C=O) groups excluding carboxylic acids is 1.